The van der Waals surface area contributed by atoms with E-state index in [0.29, 0.717) is 29.7 Å². The summed E-state index contributed by atoms with van der Waals surface area (Å²) in [5.41, 5.74) is -0.697. The van der Waals surface area contributed by atoms with Crippen LogP contribution in [-0.2, 0) is 33.4 Å². The zero-order chi connectivity index (χ0) is 29.0. The predicted octanol–water partition coefficient (Wildman–Crippen LogP) is 4.58. The Morgan fingerprint density at radius 3 is 2.42 bits per heavy atom. The highest BCUT2D eigenvalue weighted by Crippen LogP contribution is 2.65. The molecule has 40 heavy (non-hydrogen) atoms. The number of furan rings is 1. The molecule has 11 heteroatoms. The van der Waals surface area contributed by atoms with Gasteiger partial charge in [-0.1, -0.05) is 13.8 Å². The summed E-state index contributed by atoms with van der Waals surface area (Å²) in [4.78, 5) is 63.0. The summed E-state index contributed by atoms with van der Waals surface area (Å²) in [6, 6.07) is 7.52. The third-order valence-corrected chi connectivity index (χ3v) is 9.28. The number of nitro groups is 1. The molecule has 1 saturated heterocycles. The summed E-state index contributed by atoms with van der Waals surface area (Å²) in [5.74, 6) is -3.56. The Labute approximate surface area is 230 Å². The Bertz CT molecular complexity index is 1380. The lowest BCUT2D eigenvalue weighted by molar-refractivity contribution is -0.384. The first kappa shape index (κ1) is 27.5. The van der Waals surface area contributed by atoms with Gasteiger partial charge in [-0.25, -0.2) is 0 Å². The molecule has 5 rings (SSSR count). The molecule has 1 aromatic heterocycles. The van der Waals surface area contributed by atoms with Gasteiger partial charge < -0.3 is 18.6 Å². The number of fused-ring (bicyclic) bond motifs is 3. The molecule has 0 amide bonds. The SMILES string of the molecule is COC(=O)[C@@H]1C[C@H](OC(C)=O)C(=O)[C@H]2[C@@]1(C)CC[C@H]1C(=O)O[C@H](c3ccoc3-c3ccc([N+](=O)[O-])cc3)C[C@]21C. The summed E-state index contributed by atoms with van der Waals surface area (Å²) in [7, 11) is 1.29. The van der Waals surface area contributed by atoms with Gasteiger partial charge in [-0.2, -0.15) is 0 Å². The molecule has 0 unspecified atom stereocenters. The van der Waals surface area contributed by atoms with Crippen molar-refractivity contribution in [1.29, 1.82) is 0 Å². The lowest BCUT2D eigenvalue weighted by atomic mass is 9.43. The fourth-order valence-electron chi connectivity index (χ4n) is 7.53. The van der Waals surface area contributed by atoms with Crippen LogP contribution in [0.25, 0.3) is 11.3 Å². The fourth-order valence-corrected chi connectivity index (χ4v) is 7.53. The monoisotopic (exact) mass is 553 g/mol. The number of rotatable bonds is 5. The van der Waals surface area contributed by atoms with Gasteiger partial charge in [-0.15, -0.1) is 0 Å². The highest BCUT2D eigenvalue weighted by Gasteiger charge is 2.68. The number of cyclic esters (lactones) is 1. The smallest absolute Gasteiger partial charge is 0.310 e. The molecule has 3 aliphatic rings. The number of benzene rings is 1. The first-order chi connectivity index (χ1) is 18.9. The number of hydrogen-bond acceptors (Lipinski definition) is 10. The topological polar surface area (TPSA) is 152 Å². The molecule has 11 nitrogen and oxygen atoms in total. The summed E-state index contributed by atoms with van der Waals surface area (Å²) in [6.45, 7) is 4.98. The largest absolute Gasteiger partial charge is 0.469 e. The standard InChI is InChI=1S/C29H31NO10/c1-15(31)39-21-13-20(26(33)37-4)28(2)11-9-19-27(34)40-22(14-29(19,3)25(28)23(21)32)18-10-12-38-24(18)16-5-7-17(8-6-16)30(35)36/h5-8,10,12,19-22,25H,9,11,13-14H2,1-4H3/t19-,20-,21-,22-,25-,28-,29-/m0/s1. The van der Waals surface area contributed by atoms with Crippen LogP contribution in [0.2, 0.25) is 0 Å². The Kier molecular flexibility index (Phi) is 6.79. The number of carbonyl (C=O) groups excluding carboxylic acids is 4. The number of Topliss-reactive ketones (excluding diaryl/α,β-unsaturated/α-hetero) is 1. The Hall–Kier alpha value is -4.02. The molecule has 0 radical (unpaired) electrons. The fraction of sp³-hybridized carbons (Fsp3) is 0.517. The van der Waals surface area contributed by atoms with Crippen molar-refractivity contribution in [2.75, 3.05) is 7.11 Å². The number of nitrogens with zero attached hydrogens (tertiary/aromatic N) is 1. The van der Waals surface area contributed by atoms with Gasteiger partial charge in [0, 0.05) is 42.5 Å². The van der Waals surface area contributed by atoms with Crippen molar-refractivity contribution in [1.82, 2.24) is 0 Å². The zero-order valence-corrected chi connectivity index (χ0v) is 22.7. The van der Waals surface area contributed by atoms with E-state index in [0.717, 1.165) is 0 Å². The minimum absolute atomic E-state index is 0.0265. The molecule has 1 aliphatic heterocycles. The second-order valence-electron chi connectivity index (χ2n) is 11.5. The van der Waals surface area contributed by atoms with Crippen LogP contribution in [0.15, 0.2) is 41.0 Å². The van der Waals surface area contributed by atoms with Crippen molar-refractivity contribution >= 4 is 29.4 Å². The Balaban J connectivity index is 1.55. The van der Waals surface area contributed by atoms with Crippen LogP contribution in [0.3, 0.4) is 0 Å². The van der Waals surface area contributed by atoms with E-state index < -0.39 is 63.6 Å². The van der Waals surface area contributed by atoms with E-state index in [2.05, 4.69) is 0 Å². The van der Waals surface area contributed by atoms with Gasteiger partial charge in [0.2, 0.25) is 0 Å². The second-order valence-corrected chi connectivity index (χ2v) is 11.5. The molecule has 212 valence electrons. The molecule has 7 atom stereocenters. The average molecular weight is 554 g/mol. The van der Waals surface area contributed by atoms with E-state index >= 15 is 0 Å². The highest BCUT2D eigenvalue weighted by molar-refractivity contribution is 5.93. The first-order valence-electron chi connectivity index (χ1n) is 13.2. The maximum atomic E-state index is 14.0. The van der Waals surface area contributed by atoms with Crippen LogP contribution in [-0.4, -0.2) is 41.8 Å². The molecular weight excluding hydrogens is 522 g/mol. The molecule has 0 N–H and O–H groups in total. The maximum Gasteiger partial charge on any atom is 0.310 e. The van der Waals surface area contributed by atoms with Crippen molar-refractivity contribution in [2.24, 2.45) is 28.6 Å². The summed E-state index contributed by atoms with van der Waals surface area (Å²) < 4.78 is 22.2. The van der Waals surface area contributed by atoms with E-state index in [4.69, 9.17) is 18.6 Å². The van der Waals surface area contributed by atoms with Gasteiger partial charge in [0.05, 0.1) is 30.1 Å². The van der Waals surface area contributed by atoms with Crippen LogP contribution < -0.4 is 0 Å². The molecule has 0 spiro atoms. The van der Waals surface area contributed by atoms with Gasteiger partial charge in [0.15, 0.2) is 11.9 Å². The Morgan fingerprint density at radius 2 is 1.80 bits per heavy atom. The molecule has 2 heterocycles. The van der Waals surface area contributed by atoms with Crippen molar-refractivity contribution in [2.45, 2.75) is 58.7 Å². The van der Waals surface area contributed by atoms with Crippen molar-refractivity contribution < 1.29 is 42.7 Å². The molecule has 1 aromatic carbocycles. The first-order valence-corrected chi connectivity index (χ1v) is 13.2. The number of non-ortho nitro benzene ring substituents is 1. The molecule has 3 fully saturated rings. The number of methoxy groups -OCH3 is 1. The maximum absolute atomic E-state index is 14.0. The van der Waals surface area contributed by atoms with Crippen LogP contribution in [0.1, 0.15) is 58.1 Å². The summed E-state index contributed by atoms with van der Waals surface area (Å²) in [6.07, 6.45) is 0.683. The van der Waals surface area contributed by atoms with Crippen LogP contribution in [0.5, 0.6) is 0 Å². The number of esters is 3. The third kappa shape index (κ3) is 4.28. The van der Waals surface area contributed by atoms with Crippen molar-refractivity contribution in [3.05, 3.63) is 52.3 Å². The highest BCUT2D eigenvalue weighted by atomic mass is 16.6. The number of hydrogen-bond donors (Lipinski definition) is 0. The Morgan fingerprint density at radius 1 is 1.10 bits per heavy atom. The number of ether oxygens (including phenoxy) is 3. The molecule has 0 bridgehead atoms. The molecular formula is C29H31NO10. The summed E-state index contributed by atoms with van der Waals surface area (Å²) in [5, 5.41) is 11.1. The quantitative estimate of drug-likeness (QED) is 0.223. The zero-order valence-electron chi connectivity index (χ0n) is 22.7. The van der Waals surface area contributed by atoms with E-state index in [-0.39, 0.29) is 24.3 Å². The minimum atomic E-state index is -1.13. The average Bonchev–Trinajstić information content (AvgIpc) is 3.39. The van der Waals surface area contributed by atoms with E-state index in [1.54, 1.807) is 18.2 Å². The lowest BCUT2D eigenvalue weighted by Gasteiger charge is -2.61. The minimum Gasteiger partial charge on any atom is -0.469 e. The van der Waals surface area contributed by atoms with Crippen LogP contribution >= 0.6 is 0 Å². The van der Waals surface area contributed by atoms with Crippen LogP contribution in [0, 0.1) is 38.7 Å². The lowest BCUT2D eigenvalue weighted by Crippen LogP contribution is -2.64. The predicted molar refractivity (Wildman–Crippen MR) is 137 cm³/mol. The number of carbonyl (C=O) groups is 4. The molecule has 2 aliphatic carbocycles. The normalized spacial score (nSPS) is 33.2. The third-order valence-electron chi connectivity index (χ3n) is 9.28. The van der Waals surface area contributed by atoms with Gasteiger partial charge in [-0.05, 0) is 48.3 Å². The number of ketones is 1. The van der Waals surface area contributed by atoms with Gasteiger partial charge in [-0.3, -0.25) is 29.3 Å². The van der Waals surface area contributed by atoms with Crippen molar-refractivity contribution in [3.8, 4) is 11.3 Å². The van der Waals surface area contributed by atoms with Gasteiger partial charge in [0.1, 0.15) is 11.9 Å². The van der Waals surface area contributed by atoms with Crippen molar-refractivity contribution in [3.63, 3.8) is 0 Å². The van der Waals surface area contributed by atoms with Crippen LogP contribution in [0.4, 0.5) is 5.69 Å². The second kappa shape index (κ2) is 9.87. The van der Waals surface area contributed by atoms with E-state index in [1.807, 2.05) is 13.8 Å². The van der Waals surface area contributed by atoms with Gasteiger partial charge in [0.25, 0.3) is 5.69 Å². The number of nitro benzene ring substituents is 1. The van der Waals surface area contributed by atoms with E-state index in [9.17, 15) is 29.3 Å². The summed E-state index contributed by atoms with van der Waals surface area (Å²) >= 11 is 0. The van der Waals surface area contributed by atoms with E-state index in [1.165, 1.54) is 32.4 Å². The molecule has 2 saturated carbocycles. The van der Waals surface area contributed by atoms with Gasteiger partial charge >= 0.3 is 17.9 Å². The molecule has 2 aromatic rings.